The largest absolute Gasteiger partial charge is 0.469 e. The molecule has 0 unspecified atom stereocenters. The van der Waals surface area contributed by atoms with Crippen molar-refractivity contribution in [2.24, 2.45) is 56.6 Å². The Morgan fingerprint density at radius 1 is 0.706 bits per heavy atom. The molecule has 4 fully saturated rings. The van der Waals surface area contributed by atoms with Crippen molar-refractivity contribution in [1.82, 2.24) is 16.0 Å². The summed E-state index contributed by atoms with van der Waals surface area (Å²) in [5.41, 5.74) is 2.52. The van der Waals surface area contributed by atoms with Gasteiger partial charge in [-0.3, -0.25) is 14.9 Å². The molecule has 0 saturated heterocycles. The van der Waals surface area contributed by atoms with E-state index < -0.39 is 4.92 Å². The zero-order chi connectivity index (χ0) is 48.0. The van der Waals surface area contributed by atoms with Crippen LogP contribution in [0.4, 0.5) is 48.5 Å². The topological polar surface area (TPSA) is 218 Å². The Kier molecular flexibility index (Phi) is 14.4. The summed E-state index contributed by atoms with van der Waals surface area (Å²) in [4.78, 5) is 64.5. The third-order valence-electron chi connectivity index (χ3n) is 16.1. The molecule has 4 aliphatic carbocycles. The number of azo groups is 1. The average Bonchev–Trinajstić information content (AvgIpc) is 3.69. The van der Waals surface area contributed by atoms with E-state index in [1.807, 2.05) is 60.7 Å². The highest BCUT2D eigenvalue weighted by Gasteiger charge is 2.66. The second kappa shape index (κ2) is 20.6. The van der Waals surface area contributed by atoms with E-state index >= 15 is 0 Å². The molecule has 4 aliphatic rings. The van der Waals surface area contributed by atoms with Gasteiger partial charge in [0.15, 0.2) is 0 Å². The first-order chi connectivity index (χ1) is 32.7. The number of fused-ring (bicyclic) bond motifs is 5. The number of nitrogens with zero attached hydrogens (tertiary/aromatic N) is 3. The summed E-state index contributed by atoms with van der Waals surface area (Å²) in [6, 6.07) is 30.4. The Bertz CT molecular complexity index is 2460. The van der Waals surface area contributed by atoms with Gasteiger partial charge in [-0.25, -0.2) is 14.4 Å². The molecule has 4 aromatic carbocycles. The average molecular weight is 926 g/mol. The first-order valence-corrected chi connectivity index (χ1v) is 23.9. The molecule has 0 bridgehead atoms. The number of esters is 1. The lowest BCUT2D eigenvalue weighted by Gasteiger charge is -2.65. The van der Waals surface area contributed by atoms with Gasteiger partial charge in [-0.1, -0.05) is 57.2 Å². The number of anilines is 3. The number of benzene rings is 4. The maximum absolute atomic E-state index is 14.0. The predicted octanol–water partition coefficient (Wildman–Crippen LogP) is 11.3. The zero-order valence-corrected chi connectivity index (χ0v) is 39.2. The number of carbonyl (C=O) groups excluding carboxylic acids is 4. The number of nitro groups is 1. The van der Waals surface area contributed by atoms with Gasteiger partial charge in [-0.15, -0.1) is 0 Å². The van der Waals surface area contributed by atoms with Crippen molar-refractivity contribution in [1.29, 1.82) is 0 Å². The molecule has 0 spiro atoms. The number of para-hydroxylation sites is 2. The van der Waals surface area contributed by atoms with Crippen LogP contribution in [-0.4, -0.2) is 54.2 Å². The van der Waals surface area contributed by atoms with Crippen molar-refractivity contribution < 1.29 is 28.8 Å². The number of nitro benzene ring substituents is 1. The van der Waals surface area contributed by atoms with E-state index in [-0.39, 0.29) is 94.2 Å². The number of carbonyl (C=O) groups is 4. The van der Waals surface area contributed by atoms with Crippen LogP contribution in [0.5, 0.6) is 0 Å². The second-order valence-corrected chi connectivity index (χ2v) is 19.8. The highest BCUT2D eigenvalue weighted by molar-refractivity contribution is 5.90. The molecule has 6 N–H and O–H groups in total. The Morgan fingerprint density at radius 2 is 1.26 bits per heavy atom. The van der Waals surface area contributed by atoms with Crippen molar-refractivity contribution >= 4 is 58.2 Å². The number of rotatable bonds is 13. The fraction of sp³-hybridized carbons (Fsp3) is 0.462. The van der Waals surface area contributed by atoms with Gasteiger partial charge in [0.25, 0.3) is 5.69 Å². The maximum Gasteiger partial charge on any atom is 0.319 e. The summed E-state index contributed by atoms with van der Waals surface area (Å²) in [5, 5.41) is 38.8. The van der Waals surface area contributed by atoms with Gasteiger partial charge in [0.05, 0.1) is 23.4 Å². The van der Waals surface area contributed by atoms with Crippen LogP contribution in [0, 0.1) is 56.5 Å². The lowest BCUT2D eigenvalue weighted by Crippen LogP contribution is -2.68. The molecule has 0 aliphatic heterocycles. The maximum atomic E-state index is 14.0. The number of hydrogen-bond donors (Lipinski definition) is 6. The van der Waals surface area contributed by atoms with Gasteiger partial charge in [-0.05, 0) is 158 Å². The van der Waals surface area contributed by atoms with Gasteiger partial charge in [0, 0.05) is 53.7 Å². The SMILES string of the molecule is COC(=O)CC[C@@H](C)[C@H]1CC[C@H]2[C@@H]3[C@H](NC(=O)Nc4ccccc4)C[C@@H]4C[C@H](NC(=O)Nc5ccc(N=Nc6ccc([N+](=O)[O-])cc6)cc5)CC[C@]4(C)[C@H]3C[C@H](NC(=O)Nc3ccccc3)[C@]12C. The Morgan fingerprint density at radius 3 is 1.85 bits per heavy atom. The zero-order valence-electron chi connectivity index (χ0n) is 39.2. The molecule has 6 amide bonds. The van der Waals surface area contributed by atoms with Crippen LogP contribution in [0.3, 0.4) is 0 Å². The third-order valence-corrected chi connectivity index (χ3v) is 16.1. The fourth-order valence-electron chi connectivity index (χ4n) is 12.8. The molecule has 358 valence electrons. The van der Waals surface area contributed by atoms with Crippen LogP contribution in [-0.2, 0) is 9.53 Å². The number of non-ortho nitro benzene ring substituents is 1. The monoisotopic (exact) mass is 925 g/mol. The molecule has 0 heterocycles. The number of nitrogens with one attached hydrogen (secondary N) is 6. The minimum Gasteiger partial charge on any atom is -0.469 e. The summed E-state index contributed by atoms with van der Waals surface area (Å²) >= 11 is 0. The quantitative estimate of drug-likeness (QED) is 0.0329. The van der Waals surface area contributed by atoms with Gasteiger partial charge in [0.2, 0.25) is 0 Å². The Labute approximate surface area is 397 Å². The van der Waals surface area contributed by atoms with Crippen molar-refractivity contribution in [3.05, 3.63) is 119 Å². The van der Waals surface area contributed by atoms with Crippen LogP contribution in [0.15, 0.2) is 119 Å². The number of amides is 6. The van der Waals surface area contributed by atoms with Gasteiger partial charge >= 0.3 is 24.1 Å². The minimum atomic E-state index is -0.470. The van der Waals surface area contributed by atoms with Crippen LogP contribution >= 0.6 is 0 Å². The first-order valence-electron chi connectivity index (χ1n) is 23.9. The van der Waals surface area contributed by atoms with Crippen molar-refractivity contribution in [2.75, 3.05) is 23.1 Å². The Balaban J connectivity index is 1.01. The molecular weight excluding hydrogens is 863 g/mol. The van der Waals surface area contributed by atoms with E-state index in [1.54, 1.807) is 24.3 Å². The molecule has 4 saturated carbocycles. The van der Waals surface area contributed by atoms with Crippen molar-refractivity contribution in [3.63, 3.8) is 0 Å². The second-order valence-electron chi connectivity index (χ2n) is 19.8. The van der Waals surface area contributed by atoms with E-state index in [9.17, 15) is 29.3 Å². The van der Waals surface area contributed by atoms with Crippen molar-refractivity contribution in [3.8, 4) is 0 Å². The van der Waals surface area contributed by atoms with Gasteiger partial charge < -0.3 is 36.6 Å². The predicted molar refractivity (Wildman–Crippen MR) is 261 cm³/mol. The molecule has 0 aromatic heterocycles. The summed E-state index contributed by atoms with van der Waals surface area (Å²) in [5.74, 6) is 0.781. The third kappa shape index (κ3) is 10.5. The molecule has 8 rings (SSSR count). The molecule has 11 atom stereocenters. The van der Waals surface area contributed by atoms with Gasteiger partial charge in [-0.2, -0.15) is 10.2 Å². The molecule has 0 radical (unpaired) electrons. The summed E-state index contributed by atoms with van der Waals surface area (Å²) in [6.45, 7) is 6.98. The van der Waals surface area contributed by atoms with E-state index in [4.69, 9.17) is 4.74 Å². The Hall–Kier alpha value is -6.84. The van der Waals surface area contributed by atoms with Crippen LogP contribution in [0.25, 0.3) is 0 Å². The van der Waals surface area contributed by atoms with Crippen LogP contribution < -0.4 is 31.9 Å². The number of urea groups is 3. The number of hydrogen-bond acceptors (Lipinski definition) is 9. The lowest BCUT2D eigenvalue weighted by atomic mass is 9.42. The molecule has 68 heavy (non-hydrogen) atoms. The highest BCUT2D eigenvalue weighted by atomic mass is 16.6. The van der Waals surface area contributed by atoms with Crippen LogP contribution in [0.1, 0.15) is 78.6 Å². The number of ether oxygens (including phenoxy) is 1. The van der Waals surface area contributed by atoms with Crippen LogP contribution in [0.2, 0.25) is 0 Å². The minimum absolute atomic E-state index is 0.0270. The van der Waals surface area contributed by atoms with E-state index in [2.05, 4.69) is 62.9 Å². The smallest absolute Gasteiger partial charge is 0.319 e. The van der Waals surface area contributed by atoms with Crippen molar-refractivity contribution in [2.45, 2.75) is 96.7 Å². The first kappa shape index (κ1) is 47.6. The standard InChI is InChI=1S/C52H63N9O7/c1-32(15-26-46(62)68-4)41-24-25-42-47-43(31-45(52(41,42)3)58-50(65)54-35-13-9-6-10-14-35)51(2)28-27-39(29-33(51)30-44(47)57-49(64)53-34-11-7-5-8-12-34)56-48(63)55-36-16-18-37(19-17-36)59-60-38-20-22-40(23-21-38)61(66)67/h5-14,16-23,32-33,39,41-45,47H,15,24-31H2,1-4H3,(H2,53,57,64)(H2,54,58,65)(H2,55,56,63)/t32-,33+,39-,41-,42+,43+,44-,45+,47+,51+,52-/m1/s1. The molecular formula is C52H63N9O7. The summed E-state index contributed by atoms with van der Waals surface area (Å²) in [7, 11) is 1.42. The lowest BCUT2D eigenvalue weighted by molar-refractivity contribution is -0.384. The summed E-state index contributed by atoms with van der Waals surface area (Å²) < 4.78 is 5.04. The molecule has 16 heteroatoms. The fourth-order valence-corrected chi connectivity index (χ4v) is 12.8. The highest BCUT2D eigenvalue weighted by Crippen LogP contribution is 2.68. The summed E-state index contributed by atoms with van der Waals surface area (Å²) in [6.07, 6.45) is 6.76. The van der Waals surface area contributed by atoms with E-state index in [0.717, 1.165) is 44.9 Å². The van der Waals surface area contributed by atoms with Gasteiger partial charge in [0.1, 0.15) is 0 Å². The molecule has 16 nitrogen and oxygen atoms in total. The number of methoxy groups -OCH3 is 1. The van der Waals surface area contributed by atoms with E-state index in [1.165, 1.54) is 31.4 Å². The molecule has 4 aromatic rings. The van der Waals surface area contributed by atoms with E-state index in [0.29, 0.717) is 41.3 Å². The normalized spacial score (nSPS) is 28.6.